The highest BCUT2D eigenvalue weighted by Crippen LogP contribution is 2.29. The Morgan fingerprint density at radius 1 is 0.917 bits per heavy atom. The molecule has 2 aromatic rings. The van der Waals surface area contributed by atoms with Crippen molar-refractivity contribution in [2.75, 3.05) is 5.32 Å². The molecule has 24 heavy (non-hydrogen) atoms. The summed E-state index contributed by atoms with van der Waals surface area (Å²) in [7, 11) is 0. The van der Waals surface area contributed by atoms with E-state index in [1.165, 1.54) is 18.2 Å². The molecule has 2 rings (SSSR count). The van der Waals surface area contributed by atoms with E-state index in [1.807, 2.05) is 0 Å². The number of benzene rings is 2. The Labute approximate surface area is 146 Å². The van der Waals surface area contributed by atoms with Crippen LogP contribution < -0.4 is 5.32 Å². The average Bonchev–Trinajstić information content (AvgIpc) is 2.49. The number of carboxylic acids is 2. The minimum absolute atomic E-state index is 0.0149. The number of aromatic carboxylic acids is 2. The van der Waals surface area contributed by atoms with Gasteiger partial charge in [-0.05, 0) is 23.8 Å². The van der Waals surface area contributed by atoms with Crippen molar-refractivity contribution in [2.45, 2.75) is 6.42 Å². The molecule has 2 aromatic carbocycles. The number of nitrogens with one attached hydrogen (secondary N) is 1. The van der Waals surface area contributed by atoms with Crippen LogP contribution in [0.5, 0.6) is 0 Å². The Hall–Kier alpha value is -2.57. The van der Waals surface area contributed by atoms with Gasteiger partial charge in [0.15, 0.2) is 0 Å². The molecule has 1 amide bonds. The van der Waals surface area contributed by atoms with E-state index < -0.39 is 17.8 Å². The van der Waals surface area contributed by atoms with Crippen LogP contribution >= 0.6 is 23.2 Å². The van der Waals surface area contributed by atoms with Gasteiger partial charge >= 0.3 is 11.9 Å². The van der Waals surface area contributed by atoms with Gasteiger partial charge in [0.05, 0.1) is 33.3 Å². The second-order valence-corrected chi connectivity index (χ2v) is 5.62. The van der Waals surface area contributed by atoms with Crippen molar-refractivity contribution in [1.29, 1.82) is 0 Å². The molecule has 0 spiro atoms. The second-order valence-electron chi connectivity index (χ2n) is 4.80. The minimum Gasteiger partial charge on any atom is -0.478 e. The molecule has 0 aliphatic rings. The lowest BCUT2D eigenvalue weighted by Crippen LogP contribution is -2.17. The number of carbonyl (C=O) groups excluding carboxylic acids is 1. The van der Waals surface area contributed by atoms with Gasteiger partial charge in [0, 0.05) is 0 Å². The molecule has 8 heteroatoms. The molecule has 0 aliphatic carbocycles. The molecule has 0 fully saturated rings. The number of anilines is 1. The highest BCUT2D eigenvalue weighted by Gasteiger charge is 2.16. The molecular weight excluding hydrogens is 357 g/mol. The molecule has 0 saturated carbocycles. The Bertz CT molecular complexity index is 835. The first-order valence-electron chi connectivity index (χ1n) is 6.63. The molecule has 124 valence electrons. The van der Waals surface area contributed by atoms with Crippen molar-refractivity contribution in [2.24, 2.45) is 0 Å². The van der Waals surface area contributed by atoms with E-state index >= 15 is 0 Å². The lowest BCUT2D eigenvalue weighted by molar-refractivity contribution is -0.115. The van der Waals surface area contributed by atoms with Gasteiger partial charge in [0.25, 0.3) is 0 Å². The zero-order chi connectivity index (χ0) is 17.9. The molecule has 0 bridgehead atoms. The van der Waals surface area contributed by atoms with Crippen LogP contribution in [0.3, 0.4) is 0 Å². The third-order valence-electron chi connectivity index (χ3n) is 3.16. The lowest BCUT2D eigenvalue weighted by atomic mass is 10.0. The van der Waals surface area contributed by atoms with E-state index in [1.54, 1.807) is 12.1 Å². The molecule has 0 radical (unpaired) electrons. The van der Waals surface area contributed by atoms with Crippen molar-refractivity contribution in [1.82, 2.24) is 0 Å². The van der Waals surface area contributed by atoms with Crippen molar-refractivity contribution in [3.63, 3.8) is 0 Å². The van der Waals surface area contributed by atoms with Gasteiger partial charge in [-0.3, -0.25) is 4.79 Å². The van der Waals surface area contributed by atoms with Crippen LogP contribution in [-0.4, -0.2) is 28.1 Å². The summed E-state index contributed by atoms with van der Waals surface area (Å²) in [4.78, 5) is 34.3. The Morgan fingerprint density at radius 2 is 1.54 bits per heavy atom. The maximum absolute atomic E-state index is 12.1. The first kappa shape index (κ1) is 17.8. The summed E-state index contributed by atoms with van der Waals surface area (Å²) in [6.45, 7) is 0. The summed E-state index contributed by atoms with van der Waals surface area (Å²) in [5.74, 6) is -2.94. The summed E-state index contributed by atoms with van der Waals surface area (Å²) in [6.07, 6.45) is -0.205. The van der Waals surface area contributed by atoms with Crippen LogP contribution in [0.2, 0.25) is 10.0 Å². The SMILES string of the molecule is O=C(Cc1ccccc1C(=O)O)Nc1cc(C(=O)O)c(Cl)cc1Cl. The number of rotatable bonds is 5. The summed E-state index contributed by atoms with van der Waals surface area (Å²) < 4.78 is 0. The quantitative estimate of drug-likeness (QED) is 0.749. The fourth-order valence-corrected chi connectivity index (χ4v) is 2.57. The molecule has 0 saturated heterocycles. The van der Waals surface area contributed by atoms with Gasteiger partial charge in [0.2, 0.25) is 5.91 Å². The van der Waals surface area contributed by atoms with Crippen LogP contribution in [0.1, 0.15) is 26.3 Å². The third kappa shape index (κ3) is 4.04. The van der Waals surface area contributed by atoms with Gasteiger partial charge in [-0.15, -0.1) is 0 Å². The number of halogens is 2. The van der Waals surface area contributed by atoms with Crippen LogP contribution in [0, 0.1) is 0 Å². The van der Waals surface area contributed by atoms with E-state index in [9.17, 15) is 14.4 Å². The summed E-state index contributed by atoms with van der Waals surface area (Å²) >= 11 is 11.7. The molecule has 0 atom stereocenters. The van der Waals surface area contributed by atoms with Crippen LogP contribution in [0.4, 0.5) is 5.69 Å². The minimum atomic E-state index is -1.26. The Balaban J connectivity index is 2.24. The first-order valence-corrected chi connectivity index (χ1v) is 7.38. The highest BCUT2D eigenvalue weighted by atomic mass is 35.5. The van der Waals surface area contributed by atoms with Gasteiger partial charge in [-0.25, -0.2) is 9.59 Å². The van der Waals surface area contributed by atoms with Crippen molar-refractivity contribution in [3.05, 3.63) is 63.1 Å². The number of carbonyl (C=O) groups is 3. The standard InChI is InChI=1S/C16H11Cl2NO5/c17-11-7-12(18)13(6-10(11)16(23)24)19-14(20)5-8-3-1-2-4-9(8)15(21)22/h1-4,6-7H,5H2,(H,19,20)(H,21,22)(H,23,24). The van der Waals surface area contributed by atoms with E-state index in [4.69, 9.17) is 33.4 Å². The topological polar surface area (TPSA) is 104 Å². The fraction of sp³-hybridized carbons (Fsp3) is 0.0625. The molecule has 0 aromatic heterocycles. The zero-order valence-electron chi connectivity index (χ0n) is 12.0. The van der Waals surface area contributed by atoms with E-state index in [-0.39, 0.29) is 33.3 Å². The van der Waals surface area contributed by atoms with E-state index in [0.29, 0.717) is 5.56 Å². The van der Waals surface area contributed by atoms with E-state index in [0.717, 1.165) is 6.07 Å². The smallest absolute Gasteiger partial charge is 0.337 e. The predicted octanol–water partition coefficient (Wildman–Crippen LogP) is 3.57. The highest BCUT2D eigenvalue weighted by molar-refractivity contribution is 6.38. The van der Waals surface area contributed by atoms with Gasteiger partial charge in [0.1, 0.15) is 0 Å². The predicted molar refractivity (Wildman–Crippen MR) is 89.2 cm³/mol. The van der Waals surface area contributed by atoms with Crippen LogP contribution in [-0.2, 0) is 11.2 Å². The first-order chi connectivity index (χ1) is 11.3. The number of carboxylic acid groups (broad SMARTS) is 2. The molecule has 3 N–H and O–H groups in total. The monoisotopic (exact) mass is 367 g/mol. The summed E-state index contributed by atoms with van der Waals surface area (Å²) in [6, 6.07) is 8.45. The van der Waals surface area contributed by atoms with E-state index in [2.05, 4.69) is 5.32 Å². The van der Waals surface area contributed by atoms with Crippen molar-refractivity contribution >= 4 is 46.7 Å². The molecule has 0 aliphatic heterocycles. The molecule has 0 heterocycles. The molecule has 6 nitrogen and oxygen atoms in total. The second kappa shape index (κ2) is 7.33. The van der Waals surface area contributed by atoms with Gasteiger partial charge in [-0.1, -0.05) is 41.4 Å². The Kier molecular flexibility index (Phi) is 5.43. The third-order valence-corrected chi connectivity index (χ3v) is 3.79. The number of amides is 1. The lowest BCUT2D eigenvalue weighted by Gasteiger charge is -2.10. The average molecular weight is 368 g/mol. The zero-order valence-corrected chi connectivity index (χ0v) is 13.6. The van der Waals surface area contributed by atoms with Crippen molar-refractivity contribution in [3.8, 4) is 0 Å². The maximum atomic E-state index is 12.1. The maximum Gasteiger partial charge on any atom is 0.337 e. The molecular formula is C16H11Cl2NO5. The molecule has 0 unspecified atom stereocenters. The van der Waals surface area contributed by atoms with Gasteiger partial charge < -0.3 is 15.5 Å². The largest absolute Gasteiger partial charge is 0.478 e. The summed E-state index contributed by atoms with van der Waals surface area (Å²) in [5.41, 5.74) is 0.214. The number of hydrogen-bond acceptors (Lipinski definition) is 3. The van der Waals surface area contributed by atoms with Gasteiger partial charge in [-0.2, -0.15) is 0 Å². The normalized spacial score (nSPS) is 10.2. The number of hydrogen-bond donors (Lipinski definition) is 3. The van der Waals surface area contributed by atoms with Crippen molar-refractivity contribution < 1.29 is 24.6 Å². The summed E-state index contributed by atoms with van der Waals surface area (Å²) in [5, 5.41) is 20.6. The van der Waals surface area contributed by atoms with Crippen LogP contribution in [0.25, 0.3) is 0 Å². The Morgan fingerprint density at radius 3 is 2.17 bits per heavy atom. The van der Waals surface area contributed by atoms with Crippen LogP contribution in [0.15, 0.2) is 36.4 Å². The fourth-order valence-electron chi connectivity index (χ4n) is 2.06.